The van der Waals surface area contributed by atoms with Gasteiger partial charge in [0.25, 0.3) is 11.8 Å². The number of ether oxygens (including phenoxy) is 2. The molecule has 3 N–H and O–H groups in total. The number of hydrogen-bond donors (Lipinski definition) is 3. The Labute approximate surface area is 234 Å². The first-order valence-corrected chi connectivity index (χ1v) is 13.2. The Morgan fingerprint density at radius 1 is 0.882 bits per heavy atom. The van der Waals surface area contributed by atoms with Crippen LogP contribution in [0.5, 0.6) is 11.5 Å². The molecule has 3 aromatic carbocycles. The SMILES string of the molecule is Cc1cc(Br)cc(Br)c1OCC(=O)NC(=S)NNC(=O)COc1ccc2cc(Br)ccc2c1Br. The molecule has 0 radical (unpaired) electrons. The lowest BCUT2D eigenvalue weighted by atomic mass is 10.1. The van der Waals surface area contributed by atoms with Gasteiger partial charge in [-0.3, -0.25) is 25.8 Å². The number of nitrogens with one attached hydrogen (secondary N) is 3. The van der Waals surface area contributed by atoms with Crippen molar-refractivity contribution in [3.8, 4) is 11.5 Å². The van der Waals surface area contributed by atoms with Crippen LogP contribution in [0.1, 0.15) is 5.56 Å². The number of carbonyl (C=O) groups excluding carboxylic acids is 2. The maximum Gasteiger partial charge on any atom is 0.276 e. The van der Waals surface area contributed by atoms with Crippen molar-refractivity contribution in [3.05, 3.63) is 65.9 Å². The minimum Gasteiger partial charge on any atom is -0.483 e. The summed E-state index contributed by atoms with van der Waals surface area (Å²) < 4.78 is 14.5. The van der Waals surface area contributed by atoms with Crippen LogP contribution in [0.4, 0.5) is 0 Å². The van der Waals surface area contributed by atoms with E-state index in [9.17, 15) is 9.59 Å². The predicted octanol–water partition coefficient (Wildman–Crippen LogP) is 5.68. The zero-order chi connectivity index (χ0) is 24.8. The molecule has 0 aromatic heterocycles. The fourth-order valence-electron chi connectivity index (χ4n) is 2.86. The van der Waals surface area contributed by atoms with E-state index in [2.05, 4.69) is 79.9 Å². The predicted molar refractivity (Wildman–Crippen MR) is 149 cm³/mol. The first kappa shape index (κ1) is 26.9. The number of rotatable bonds is 6. The summed E-state index contributed by atoms with van der Waals surface area (Å²) in [6, 6.07) is 13.2. The molecule has 0 spiro atoms. The van der Waals surface area contributed by atoms with Crippen LogP contribution in [-0.2, 0) is 9.59 Å². The van der Waals surface area contributed by atoms with Gasteiger partial charge in [-0.25, -0.2) is 0 Å². The van der Waals surface area contributed by atoms with Crippen LogP contribution in [0.15, 0.2) is 60.4 Å². The van der Waals surface area contributed by atoms with Crippen LogP contribution in [0.3, 0.4) is 0 Å². The molecule has 0 atom stereocenters. The molecule has 3 aromatic rings. The first-order chi connectivity index (χ1) is 16.1. The molecule has 2 amide bonds. The Balaban J connectivity index is 1.43. The van der Waals surface area contributed by atoms with Gasteiger partial charge in [-0.15, -0.1) is 0 Å². The van der Waals surface area contributed by atoms with E-state index in [0.29, 0.717) is 16.0 Å². The summed E-state index contributed by atoms with van der Waals surface area (Å²) in [6.45, 7) is 1.35. The lowest BCUT2D eigenvalue weighted by molar-refractivity contribution is -0.124. The van der Waals surface area contributed by atoms with Crippen molar-refractivity contribution in [2.75, 3.05) is 13.2 Å². The Morgan fingerprint density at radius 3 is 2.35 bits per heavy atom. The molecule has 34 heavy (non-hydrogen) atoms. The van der Waals surface area contributed by atoms with Gasteiger partial charge >= 0.3 is 0 Å². The molecule has 0 saturated heterocycles. The van der Waals surface area contributed by atoms with E-state index in [1.54, 1.807) is 6.07 Å². The number of hydrogen-bond acceptors (Lipinski definition) is 5. The maximum absolute atomic E-state index is 12.1. The third-order valence-electron chi connectivity index (χ3n) is 4.35. The molecule has 0 saturated carbocycles. The second-order valence-electron chi connectivity index (χ2n) is 6.90. The van der Waals surface area contributed by atoms with Crippen LogP contribution in [0.25, 0.3) is 10.8 Å². The number of carbonyl (C=O) groups is 2. The number of thiocarbonyl (C=S) groups is 1. The lowest BCUT2D eigenvalue weighted by Crippen LogP contribution is -2.50. The molecule has 0 bridgehead atoms. The zero-order valence-corrected chi connectivity index (χ0v) is 24.7. The van der Waals surface area contributed by atoms with Crippen molar-refractivity contribution in [1.29, 1.82) is 0 Å². The molecular formula is C22H17Br4N3O4S. The van der Waals surface area contributed by atoms with Crippen LogP contribution >= 0.6 is 75.9 Å². The van der Waals surface area contributed by atoms with Gasteiger partial charge < -0.3 is 9.47 Å². The minimum absolute atomic E-state index is 0.0778. The second-order valence-corrected chi connectivity index (χ2v) is 10.8. The van der Waals surface area contributed by atoms with Crippen LogP contribution in [0.2, 0.25) is 0 Å². The summed E-state index contributed by atoms with van der Waals surface area (Å²) in [6.07, 6.45) is 0. The highest BCUT2D eigenvalue weighted by Gasteiger charge is 2.12. The minimum atomic E-state index is -0.482. The third kappa shape index (κ3) is 7.38. The molecule has 3 rings (SSSR count). The van der Waals surface area contributed by atoms with Gasteiger partial charge in [-0.2, -0.15) is 0 Å². The quantitative estimate of drug-likeness (QED) is 0.223. The average molecular weight is 739 g/mol. The average Bonchev–Trinajstić information content (AvgIpc) is 2.76. The highest BCUT2D eigenvalue weighted by molar-refractivity contribution is 9.11. The van der Waals surface area contributed by atoms with Crippen molar-refractivity contribution < 1.29 is 19.1 Å². The molecule has 0 aliphatic heterocycles. The smallest absolute Gasteiger partial charge is 0.276 e. The molecule has 178 valence electrons. The molecule has 0 unspecified atom stereocenters. The monoisotopic (exact) mass is 735 g/mol. The van der Waals surface area contributed by atoms with Crippen molar-refractivity contribution >= 4 is 104 Å². The van der Waals surface area contributed by atoms with Gasteiger partial charge in [-0.1, -0.05) is 44.0 Å². The third-order valence-corrected chi connectivity index (χ3v) is 6.91. The molecule has 12 heteroatoms. The first-order valence-electron chi connectivity index (χ1n) is 9.61. The molecule has 0 aliphatic rings. The van der Waals surface area contributed by atoms with Crippen LogP contribution < -0.4 is 25.6 Å². The Kier molecular flexibility index (Phi) is 9.72. The molecule has 0 aliphatic carbocycles. The van der Waals surface area contributed by atoms with E-state index in [0.717, 1.165) is 29.8 Å². The van der Waals surface area contributed by atoms with Gasteiger partial charge in [0.1, 0.15) is 11.5 Å². The maximum atomic E-state index is 12.1. The molecule has 0 heterocycles. The van der Waals surface area contributed by atoms with Crippen molar-refractivity contribution in [1.82, 2.24) is 16.2 Å². The van der Waals surface area contributed by atoms with Crippen molar-refractivity contribution in [3.63, 3.8) is 0 Å². The largest absolute Gasteiger partial charge is 0.483 e. The summed E-state index contributed by atoms with van der Waals surface area (Å²) in [5.41, 5.74) is 5.69. The van der Waals surface area contributed by atoms with Crippen molar-refractivity contribution in [2.45, 2.75) is 6.92 Å². The van der Waals surface area contributed by atoms with E-state index >= 15 is 0 Å². The van der Waals surface area contributed by atoms with E-state index in [1.807, 2.05) is 43.3 Å². The fraction of sp³-hybridized carbons (Fsp3) is 0.136. The van der Waals surface area contributed by atoms with Gasteiger partial charge in [0.15, 0.2) is 18.3 Å². The summed E-state index contributed by atoms with van der Waals surface area (Å²) in [5, 5.41) is 4.33. The number of fused-ring (bicyclic) bond motifs is 1. The molecular weight excluding hydrogens is 722 g/mol. The van der Waals surface area contributed by atoms with Gasteiger partial charge in [-0.05, 0) is 97.7 Å². The van der Waals surface area contributed by atoms with E-state index < -0.39 is 11.8 Å². The number of benzene rings is 3. The van der Waals surface area contributed by atoms with E-state index in [1.165, 1.54) is 0 Å². The summed E-state index contributed by atoms with van der Waals surface area (Å²) >= 11 is 18.8. The van der Waals surface area contributed by atoms with Crippen LogP contribution in [0, 0.1) is 6.92 Å². The normalized spacial score (nSPS) is 10.5. The van der Waals surface area contributed by atoms with Gasteiger partial charge in [0.2, 0.25) is 0 Å². The number of hydrazine groups is 1. The molecule has 7 nitrogen and oxygen atoms in total. The number of halogens is 4. The highest BCUT2D eigenvalue weighted by atomic mass is 79.9. The summed E-state index contributed by atoms with van der Waals surface area (Å²) in [5.74, 6) is 0.108. The lowest BCUT2D eigenvalue weighted by Gasteiger charge is -2.14. The second kappa shape index (κ2) is 12.3. The number of aryl methyl sites for hydroxylation is 1. The Hall–Kier alpha value is -1.73. The Bertz CT molecular complexity index is 1250. The fourth-order valence-corrected chi connectivity index (χ4v) is 5.57. The van der Waals surface area contributed by atoms with Crippen LogP contribution in [-0.4, -0.2) is 30.1 Å². The Morgan fingerprint density at radius 2 is 1.62 bits per heavy atom. The summed E-state index contributed by atoms with van der Waals surface area (Å²) in [4.78, 5) is 24.2. The topological polar surface area (TPSA) is 88.7 Å². The van der Waals surface area contributed by atoms with E-state index in [4.69, 9.17) is 21.7 Å². The van der Waals surface area contributed by atoms with Gasteiger partial charge in [0.05, 0.1) is 8.95 Å². The van der Waals surface area contributed by atoms with Gasteiger partial charge in [0, 0.05) is 8.95 Å². The van der Waals surface area contributed by atoms with Crippen molar-refractivity contribution in [2.24, 2.45) is 0 Å². The number of amides is 2. The van der Waals surface area contributed by atoms with E-state index in [-0.39, 0.29) is 18.3 Å². The molecule has 0 fully saturated rings. The standard InChI is InChI=1S/C22H17Br4N3O4S/c1-11-6-14(24)8-16(25)21(11)33-9-18(30)27-22(34)29-28-19(31)10-32-17-5-2-12-7-13(23)3-4-15(12)20(17)26/h2-8H,9-10H2,1H3,(H,28,31)(H2,27,29,30,34). The highest BCUT2D eigenvalue weighted by Crippen LogP contribution is 2.34. The summed E-state index contributed by atoms with van der Waals surface area (Å²) in [7, 11) is 0. The zero-order valence-electron chi connectivity index (χ0n) is 17.5.